The second-order valence-electron chi connectivity index (χ2n) is 7.05. The second kappa shape index (κ2) is 7.21. The Morgan fingerprint density at radius 2 is 2.07 bits per heavy atom. The zero-order chi connectivity index (χ0) is 18.1. The molecule has 2 saturated heterocycles. The molecule has 0 amide bonds. The Labute approximate surface area is 157 Å². The van der Waals surface area contributed by atoms with E-state index in [2.05, 4.69) is 21.3 Å². The van der Waals surface area contributed by atoms with Gasteiger partial charge in [-0.15, -0.1) is 0 Å². The molecule has 2 aliphatic heterocycles. The van der Waals surface area contributed by atoms with E-state index in [1.54, 1.807) is 10.9 Å². The number of rotatable bonds is 3. The normalized spacial score (nSPS) is 20.9. The highest BCUT2D eigenvalue weighted by molar-refractivity contribution is 5.86. The van der Waals surface area contributed by atoms with Gasteiger partial charge in [0.05, 0.1) is 24.4 Å². The summed E-state index contributed by atoms with van der Waals surface area (Å²) in [7, 11) is 0. The van der Waals surface area contributed by atoms with Crippen LogP contribution >= 0.6 is 0 Å². The Bertz CT molecular complexity index is 929. The third-order valence-corrected chi connectivity index (χ3v) is 5.26. The SMILES string of the molecule is c1cnc2c(N3CCOCC3)nc(-n3ccc(C4CCCNC4)n3)nc2c1. The molecule has 0 bridgehead atoms. The van der Waals surface area contributed by atoms with Crippen LogP contribution < -0.4 is 10.2 Å². The first-order valence-electron chi connectivity index (χ1n) is 9.60. The van der Waals surface area contributed by atoms with E-state index in [0.717, 1.165) is 48.7 Å². The third kappa shape index (κ3) is 3.26. The Balaban J connectivity index is 1.54. The molecule has 140 valence electrons. The number of fused-ring (bicyclic) bond motifs is 1. The Kier molecular flexibility index (Phi) is 4.43. The largest absolute Gasteiger partial charge is 0.378 e. The van der Waals surface area contributed by atoms with Crippen molar-refractivity contribution in [2.75, 3.05) is 44.3 Å². The van der Waals surface area contributed by atoms with Crippen LogP contribution in [0.3, 0.4) is 0 Å². The molecule has 2 fully saturated rings. The van der Waals surface area contributed by atoms with Crippen molar-refractivity contribution in [2.24, 2.45) is 0 Å². The van der Waals surface area contributed by atoms with Crippen LogP contribution in [0.2, 0.25) is 0 Å². The van der Waals surface area contributed by atoms with E-state index in [1.165, 1.54) is 12.8 Å². The standard InChI is InChI=1S/C19H23N7O/c1-3-14(13-20-6-1)15-5-8-26(24-15)19-22-16-4-2-7-21-17(16)18(23-19)25-9-11-27-12-10-25/h2,4-5,7-8,14,20H,1,3,6,9-13H2. The smallest absolute Gasteiger partial charge is 0.253 e. The number of aromatic nitrogens is 5. The molecule has 1 unspecified atom stereocenters. The molecule has 3 aromatic rings. The highest BCUT2D eigenvalue weighted by atomic mass is 16.5. The maximum Gasteiger partial charge on any atom is 0.253 e. The molecular formula is C19H23N7O. The van der Waals surface area contributed by atoms with Gasteiger partial charge in [0.2, 0.25) is 0 Å². The van der Waals surface area contributed by atoms with Crippen LogP contribution in [0.25, 0.3) is 17.0 Å². The number of hydrogen-bond acceptors (Lipinski definition) is 7. The van der Waals surface area contributed by atoms with Crippen LogP contribution in [0.5, 0.6) is 0 Å². The minimum absolute atomic E-state index is 0.459. The number of pyridine rings is 1. The van der Waals surface area contributed by atoms with Gasteiger partial charge in [0.25, 0.3) is 5.95 Å². The molecule has 0 aliphatic carbocycles. The number of morpholine rings is 1. The fraction of sp³-hybridized carbons (Fsp3) is 0.474. The van der Waals surface area contributed by atoms with Gasteiger partial charge < -0.3 is 15.0 Å². The lowest BCUT2D eigenvalue weighted by molar-refractivity contribution is 0.122. The van der Waals surface area contributed by atoms with Crippen LogP contribution in [0.1, 0.15) is 24.5 Å². The second-order valence-corrected chi connectivity index (χ2v) is 7.05. The molecule has 1 atom stereocenters. The summed E-state index contributed by atoms with van der Waals surface area (Å²) in [4.78, 5) is 16.3. The van der Waals surface area contributed by atoms with Crippen LogP contribution in [0.15, 0.2) is 30.6 Å². The van der Waals surface area contributed by atoms with E-state index >= 15 is 0 Å². The number of ether oxygens (including phenoxy) is 1. The van der Waals surface area contributed by atoms with Crippen molar-refractivity contribution < 1.29 is 4.74 Å². The molecule has 8 heteroatoms. The van der Waals surface area contributed by atoms with Crippen LogP contribution in [-0.2, 0) is 4.74 Å². The van der Waals surface area contributed by atoms with Gasteiger partial charge in [0.15, 0.2) is 5.82 Å². The third-order valence-electron chi connectivity index (χ3n) is 5.26. The Morgan fingerprint density at radius 1 is 1.15 bits per heavy atom. The summed E-state index contributed by atoms with van der Waals surface area (Å²) >= 11 is 0. The number of anilines is 1. The van der Waals surface area contributed by atoms with Gasteiger partial charge >= 0.3 is 0 Å². The molecule has 0 aromatic carbocycles. The molecule has 3 aromatic heterocycles. The first-order chi connectivity index (χ1) is 13.4. The number of hydrogen-bond donors (Lipinski definition) is 1. The van der Waals surface area contributed by atoms with Crippen molar-refractivity contribution in [3.63, 3.8) is 0 Å². The van der Waals surface area contributed by atoms with Gasteiger partial charge in [-0.1, -0.05) is 0 Å². The highest BCUT2D eigenvalue weighted by Gasteiger charge is 2.21. The molecule has 0 spiro atoms. The molecular weight excluding hydrogens is 342 g/mol. The van der Waals surface area contributed by atoms with E-state index in [4.69, 9.17) is 19.8 Å². The van der Waals surface area contributed by atoms with E-state index < -0.39 is 0 Å². The quantitative estimate of drug-likeness (QED) is 0.753. The lowest BCUT2D eigenvalue weighted by Crippen LogP contribution is -2.37. The maximum atomic E-state index is 5.49. The first-order valence-corrected chi connectivity index (χ1v) is 9.60. The van der Waals surface area contributed by atoms with E-state index in [1.807, 2.05) is 18.3 Å². The zero-order valence-electron chi connectivity index (χ0n) is 15.2. The molecule has 2 aliphatic rings. The van der Waals surface area contributed by atoms with Gasteiger partial charge in [0, 0.05) is 37.9 Å². The monoisotopic (exact) mass is 365 g/mol. The molecule has 0 saturated carbocycles. The predicted octanol–water partition coefficient (Wildman–Crippen LogP) is 1.51. The number of nitrogens with zero attached hydrogens (tertiary/aromatic N) is 6. The summed E-state index contributed by atoms with van der Waals surface area (Å²) in [6.45, 7) is 5.10. The van der Waals surface area contributed by atoms with Crippen molar-refractivity contribution in [2.45, 2.75) is 18.8 Å². The van der Waals surface area contributed by atoms with Gasteiger partial charge in [0.1, 0.15) is 5.52 Å². The van der Waals surface area contributed by atoms with E-state index in [9.17, 15) is 0 Å². The van der Waals surface area contributed by atoms with Crippen molar-refractivity contribution in [3.05, 3.63) is 36.3 Å². The van der Waals surface area contributed by atoms with Crippen molar-refractivity contribution in [3.8, 4) is 5.95 Å². The lowest BCUT2D eigenvalue weighted by atomic mass is 9.97. The minimum atomic E-state index is 0.459. The maximum absolute atomic E-state index is 5.49. The average Bonchev–Trinajstić information content (AvgIpc) is 3.25. The summed E-state index contributed by atoms with van der Waals surface area (Å²) in [6, 6.07) is 5.97. The molecule has 8 nitrogen and oxygen atoms in total. The molecule has 27 heavy (non-hydrogen) atoms. The Morgan fingerprint density at radius 3 is 2.93 bits per heavy atom. The lowest BCUT2D eigenvalue weighted by Gasteiger charge is -2.28. The van der Waals surface area contributed by atoms with Gasteiger partial charge in [-0.2, -0.15) is 10.1 Å². The van der Waals surface area contributed by atoms with Gasteiger partial charge in [-0.05, 0) is 37.6 Å². The average molecular weight is 365 g/mol. The van der Waals surface area contributed by atoms with Crippen LogP contribution in [-0.4, -0.2) is 64.1 Å². The first kappa shape index (κ1) is 16.6. The predicted molar refractivity (Wildman–Crippen MR) is 102 cm³/mol. The van der Waals surface area contributed by atoms with Gasteiger partial charge in [-0.3, -0.25) is 4.98 Å². The van der Waals surface area contributed by atoms with Crippen LogP contribution in [0, 0.1) is 0 Å². The summed E-state index contributed by atoms with van der Waals surface area (Å²) in [5.74, 6) is 1.91. The molecule has 5 heterocycles. The highest BCUT2D eigenvalue weighted by Crippen LogP contribution is 2.25. The summed E-state index contributed by atoms with van der Waals surface area (Å²) < 4.78 is 7.28. The van der Waals surface area contributed by atoms with E-state index in [0.29, 0.717) is 25.1 Å². The van der Waals surface area contributed by atoms with Crippen molar-refractivity contribution >= 4 is 16.9 Å². The van der Waals surface area contributed by atoms with Gasteiger partial charge in [-0.25, -0.2) is 9.67 Å². The van der Waals surface area contributed by atoms with Crippen LogP contribution in [0.4, 0.5) is 5.82 Å². The summed E-state index contributed by atoms with van der Waals surface area (Å²) in [5, 5.41) is 8.24. The fourth-order valence-corrected chi connectivity index (χ4v) is 3.81. The Hall–Kier alpha value is -2.58. The summed E-state index contributed by atoms with van der Waals surface area (Å²) in [6.07, 6.45) is 6.12. The van der Waals surface area contributed by atoms with Crippen molar-refractivity contribution in [1.82, 2.24) is 30.0 Å². The number of nitrogens with one attached hydrogen (secondary N) is 1. The summed E-state index contributed by atoms with van der Waals surface area (Å²) in [5.41, 5.74) is 2.76. The number of piperidine rings is 1. The minimum Gasteiger partial charge on any atom is -0.378 e. The molecule has 0 radical (unpaired) electrons. The molecule has 1 N–H and O–H groups in total. The zero-order valence-corrected chi connectivity index (χ0v) is 15.2. The van der Waals surface area contributed by atoms with Crippen molar-refractivity contribution in [1.29, 1.82) is 0 Å². The topological polar surface area (TPSA) is 81.0 Å². The van der Waals surface area contributed by atoms with E-state index in [-0.39, 0.29) is 0 Å². The molecule has 5 rings (SSSR count). The fourth-order valence-electron chi connectivity index (χ4n) is 3.81.